The third-order valence-electron chi connectivity index (χ3n) is 9.45. The van der Waals surface area contributed by atoms with Gasteiger partial charge in [0.15, 0.2) is 23.1 Å². The van der Waals surface area contributed by atoms with Gasteiger partial charge in [-0.05, 0) is 60.5 Å². The largest absolute Gasteiger partial charge is 0.497 e. The number of fused-ring (bicyclic) bond motifs is 7. The van der Waals surface area contributed by atoms with E-state index in [9.17, 15) is 9.59 Å². The van der Waals surface area contributed by atoms with E-state index in [0.29, 0.717) is 39.6 Å². The molecule has 8 nitrogen and oxygen atoms in total. The fourth-order valence-corrected chi connectivity index (χ4v) is 7.56. The molecule has 0 aliphatic carbocycles. The molecule has 218 valence electrons. The lowest BCUT2D eigenvalue weighted by molar-refractivity contribution is -0.121. The molecule has 8 heteroatoms. The fourth-order valence-electron chi connectivity index (χ4n) is 7.56. The van der Waals surface area contributed by atoms with Crippen LogP contribution in [0.15, 0.2) is 97.1 Å². The van der Waals surface area contributed by atoms with E-state index < -0.39 is 23.4 Å². The summed E-state index contributed by atoms with van der Waals surface area (Å²) in [4.78, 5) is 46.5. The molecule has 4 aliphatic rings. The van der Waals surface area contributed by atoms with Crippen molar-refractivity contribution in [1.82, 2.24) is 0 Å². The number of hydrogen-bond acceptors (Lipinski definition) is 7. The van der Waals surface area contributed by atoms with Crippen molar-refractivity contribution >= 4 is 34.4 Å². The molecule has 0 unspecified atom stereocenters. The van der Waals surface area contributed by atoms with E-state index in [1.165, 1.54) is 0 Å². The lowest BCUT2D eigenvalue weighted by Crippen LogP contribution is -2.51. The summed E-state index contributed by atoms with van der Waals surface area (Å²) in [6.45, 7) is 2.07. The molecule has 1 fully saturated rings. The van der Waals surface area contributed by atoms with Gasteiger partial charge in [0.1, 0.15) is 17.2 Å². The molecule has 0 aromatic heterocycles. The van der Waals surface area contributed by atoms with Gasteiger partial charge in [-0.2, -0.15) is 0 Å². The van der Waals surface area contributed by atoms with Crippen LogP contribution < -0.4 is 24.4 Å². The highest BCUT2D eigenvalue weighted by molar-refractivity contribution is 6.18. The minimum absolute atomic E-state index is 0.0593. The van der Waals surface area contributed by atoms with Crippen molar-refractivity contribution in [3.63, 3.8) is 0 Å². The summed E-state index contributed by atoms with van der Waals surface area (Å²) in [5, 5.41) is 3.07. The predicted octanol–water partition coefficient (Wildman–Crippen LogP) is 5.67. The summed E-state index contributed by atoms with van der Waals surface area (Å²) in [7, 11) is 1.55. The van der Waals surface area contributed by atoms with Gasteiger partial charge in [-0.15, -0.1) is 0 Å². The van der Waals surface area contributed by atoms with Gasteiger partial charge in [0, 0.05) is 28.1 Å². The van der Waals surface area contributed by atoms with Crippen LogP contribution in [0.2, 0.25) is 0 Å². The molecule has 4 atom stereocenters. The van der Waals surface area contributed by atoms with E-state index >= 15 is 4.79 Å². The molecule has 4 heterocycles. The summed E-state index contributed by atoms with van der Waals surface area (Å²) < 4.78 is 16.6. The van der Waals surface area contributed by atoms with Crippen LogP contribution in [0.5, 0.6) is 17.2 Å². The van der Waals surface area contributed by atoms with E-state index in [1.54, 1.807) is 49.6 Å². The first-order valence-corrected chi connectivity index (χ1v) is 14.5. The van der Waals surface area contributed by atoms with Gasteiger partial charge >= 0.3 is 0 Å². The van der Waals surface area contributed by atoms with E-state index in [-0.39, 0.29) is 24.3 Å². The zero-order chi connectivity index (χ0) is 30.2. The number of para-hydroxylation sites is 2. The highest BCUT2D eigenvalue weighted by atomic mass is 16.7. The molecular weight excluding hydrogens is 556 g/mol. The molecule has 0 saturated carbocycles. The highest BCUT2D eigenvalue weighted by Gasteiger charge is 2.70. The van der Waals surface area contributed by atoms with E-state index in [4.69, 9.17) is 14.2 Å². The summed E-state index contributed by atoms with van der Waals surface area (Å²) in [5.41, 5.74) is 3.39. The van der Waals surface area contributed by atoms with Crippen molar-refractivity contribution in [2.24, 2.45) is 5.92 Å². The number of hydrogen-bond donors (Lipinski definition) is 1. The van der Waals surface area contributed by atoms with Crippen molar-refractivity contribution in [3.8, 4) is 17.2 Å². The van der Waals surface area contributed by atoms with Crippen LogP contribution in [0.4, 0.5) is 11.4 Å². The molecule has 0 bridgehead atoms. The number of Topliss-reactive ketones (excluding diaryl/α,β-unsaturated/α-hetero) is 2. The van der Waals surface area contributed by atoms with Gasteiger partial charge in [-0.25, -0.2) is 0 Å². The molecular formula is C36H28N2O6. The number of carbonyl (C=O) groups is 3. The number of nitrogens with one attached hydrogen (secondary N) is 1. The number of ether oxygens (including phenoxy) is 3. The van der Waals surface area contributed by atoms with Crippen molar-refractivity contribution in [1.29, 1.82) is 0 Å². The second kappa shape index (κ2) is 9.57. The van der Waals surface area contributed by atoms with E-state index in [1.807, 2.05) is 66.4 Å². The summed E-state index contributed by atoms with van der Waals surface area (Å²) in [5.74, 6) is -0.478. The fraction of sp³-hybridized carbons (Fsp3) is 0.194. The molecule has 8 rings (SSSR count). The van der Waals surface area contributed by atoms with Gasteiger partial charge in [-0.1, -0.05) is 54.6 Å². The van der Waals surface area contributed by atoms with Crippen LogP contribution in [0.3, 0.4) is 0 Å². The van der Waals surface area contributed by atoms with Crippen LogP contribution in [-0.4, -0.2) is 43.5 Å². The number of nitrogens with zero attached hydrogens (tertiary/aromatic N) is 1. The first kappa shape index (κ1) is 26.3. The van der Waals surface area contributed by atoms with Gasteiger partial charge in [0.25, 0.3) is 0 Å². The van der Waals surface area contributed by atoms with Gasteiger partial charge in [0.05, 0.1) is 19.1 Å². The Morgan fingerprint density at radius 1 is 0.886 bits per heavy atom. The molecule has 4 aromatic carbocycles. The maximum atomic E-state index is 15.1. The second-order valence-corrected chi connectivity index (χ2v) is 11.5. The first-order chi connectivity index (χ1) is 21.4. The number of amides is 1. The van der Waals surface area contributed by atoms with Crippen LogP contribution in [0, 0.1) is 5.92 Å². The average Bonchev–Trinajstić information content (AvgIpc) is 3.73. The number of methoxy groups -OCH3 is 1. The average molecular weight is 585 g/mol. The Kier molecular flexibility index (Phi) is 5.71. The van der Waals surface area contributed by atoms with Crippen molar-refractivity contribution in [2.75, 3.05) is 24.1 Å². The monoisotopic (exact) mass is 584 g/mol. The molecule has 4 aliphatic heterocycles. The predicted molar refractivity (Wildman–Crippen MR) is 165 cm³/mol. The van der Waals surface area contributed by atoms with Crippen molar-refractivity contribution < 1.29 is 28.6 Å². The Bertz CT molecular complexity index is 1930. The number of allylic oxidation sites excluding steroid dienone is 1. The minimum Gasteiger partial charge on any atom is -0.497 e. The van der Waals surface area contributed by atoms with Crippen molar-refractivity contribution in [2.45, 2.75) is 24.4 Å². The topological polar surface area (TPSA) is 94.2 Å². The van der Waals surface area contributed by atoms with Crippen LogP contribution in [-0.2, 0) is 10.2 Å². The summed E-state index contributed by atoms with van der Waals surface area (Å²) in [6.07, 6.45) is 2.04. The lowest BCUT2D eigenvalue weighted by atomic mass is 9.64. The Morgan fingerprint density at radius 3 is 2.52 bits per heavy atom. The number of ketones is 2. The normalized spacial score (nSPS) is 23.9. The SMILES string of the molecule is COc1cccc(C(=O)[C@@H]2[C@H](C(=O)c3ccc4c(c3)OCO4)[C@@]3(C(=O)Nc4ccccc43)[C@@H]3C=C(C)c4ccccc4N23)c1. The van der Waals surface area contributed by atoms with Crippen LogP contribution in [0.25, 0.3) is 5.57 Å². The molecule has 1 saturated heterocycles. The smallest absolute Gasteiger partial charge is 0.238 e. The zero-order valence-electron chi connectivity index (χ0n) is 24.1. The molecule has 1 spiro atoms. The van der Waals surface area contributed by atoms with Gasteiger partial charge in [-0.3, -0.25) is 14.4 Å². The standard InChI is InChI=1S/C36H28N2O6/c1-20-16-30-36(25-11-4-5-12-26(25)37-35(36)41)31(33(39)22-14-15-28-29(18-22)44-19-43-28)32(38(30)27-13-6-3-10-24(20)27)34(40)21-8-7-9-23(17-21)42-2/h3-18,30-32H,19H2,1-2H3,(H,37,41)/t30-,31+,32-,36-/m0/s1. The second-order valence-electron chi connectivity index (χ2n) is 11.5. The summed E-state index contributed by atoms with van der Waals surface area (Å²) in [6, 6.07) is 25.6. The number of anilines is 2. The van der Waals surface area contributed by atoms with E-state index in [2.05, 4.69) is 5.32 Å². The van der Waals surface area contributed by atoms with E-state index in [0.717, 1.165) is 16.8 Å². The first-order valence-electron chi connectivity index (χ1n) is 14.5. The Hall–Kier alpha value is -5.37. The van der Waals surface area contributed by atoms with Gasteiger partial charge in [0.2, 0.25) is 12.7 Å². The quantitative estimate of drug-likeness (QED) is 0.302. The van der Waals surface area contributed by atoms with Crippen LogP contribution >= 0.6 is 0 Å². The third kappa shape index (κ3) is 3.48. The maximum absolute atomic E-state index is 15.1. The summed E-state index contributed by atoms with van der Waals surface area (Å²) >= 11 is 0. The molecule has 0 radical (unpaired) electrons. The molecule has 4 aromatic rings. The Balaban J connectivity index is 1.42. The van der Waals surface area contributed by atoms with Crippen LogP contribution in [0.1, 0.15) is 38.8 Å². The third-order valence-corrected chi connectivity index (χ3v) is 9.45. The minimum atomic E-state index is -1.40. The Labute approximate surface area is 253 Å². The number of rotatable bonds is 5. The number of carbonyl (C=O) groups excluding carboxylic acids is 3. The highest BCUT2D eigenvalue weighted by Crippen LogP contribution is 2.59. The van der Waals surface area contributed by atoms with Crippen molar-refractivity contribution in [3.05, 3.63) is 119 Å². The lowest BCUT2D eigenvalue weighted by Gasteiger charge is -2.39. The maximum Gasteiger partial charge on any atom is 0.238 e. The molecule has 1 N–H and O–H groups in total. The molecule has 44 heavy (non-hydrogen) atoms. The zero-order valence-corrected chi connectivity index (χ0v) is 24.1. The Morgan fingerprint density at radius 2 is 1.66 bits per heavy atom. The number of benzene rings is 4. The molecule has 1 amide bonds. The van der Waals surface area contributed by atoms with Gasteiger partial charge < -0.3 is 24.4 Å².